The van der Waals surface area contributed by atoms with Crippen LogP contribution < -0.4 is 16.2 Å². The van der Waals surface area contributed by atoms with Crippen LogP contribution in [0.15, 0.2) is 48.5 Å². The highest BCUT2D eigenvalue weighted by atomic mass is 16.6. The fraction of sp³-hybridized carbons (Fsp3) is 0.278. The van der Waals surface area contributed by atoms with Gasteiger partial charge >= 0.3 is 0 Å². The molecule has 0 aromatic heterocycles. The van der Waals surface area contributed by atoms with Crippen LogP contribution in [0.5, 0.6) is 0 Å². The van der Waals surface area contributed by atoms with Gasteiger partial charge in [-0.15, -0.1) is 0 Å². The van der Waals surface area contributed by atoms with Crippen LogP contribution in [0.25, 0.3) is 0 Å². The van der Waals surface area contributed by atoms with E-state index >= 15 is 0 Å². The zero-order valence-electron chi connectivity index (χ0n) is 13.6. The molecular formula is C18H18N4O3. The number of nitrogens with one attached hydrogen (secondary N) is 3. The van der Waals surface area contributed by atoms with Gasteiger partial charge < -0.3 is 5.32 Å². The van der Waals surface area contributed by atoms with E-state index in [1.807, 2.05) is 31.2 Å². The standard InChI is InChI=1S/C18H18N4O3/c1-10-6-8-11(9-7-10)15-14-16(19-18(23)17(14)21-20-15)12-4-2-3-5-13(12)22(24)25/h2-9,14-17,20-21H,1H3,(H,19,23). The lowest BCUT2D eigenvalue weighted by Gasteiger charge is -2.24. The molecule has 4 atom stereocenters. The number of hydrogen-bond donors (Lipinski definition) is 3. The average molecular weight is 338 g/mol. The lowest BCUT2D eigenvalue weighted by molar-refractivity contribution is -0.385. The summed E-state index contributed by atoms with van der Waals surface area (Å²) in [6.45, 7) is 2.02. The predicted octanol–water partition coefficient (Wildman–Crippen LogP) is 1.91. The van der Waals surface area contributed by atoms with Crippen LogP contribution in [-0.4, -0.2) is 16.9 Å². The van der Waals surface area contributed by atoms with Crippen LogP contribution in [0.3, 0.4) is 0 Å². The van der Waals surface area contributed by atoms with Crippen molar-refractivity contribution in [3.05, 3.63) is 75.3 Å². The minimum Gasteiger partial charge on any atom is -0.347 e. The van der Waals surface area contributed by atoms with Gasteiger partial charge in [0, 0.05) is 12.0 Å². The number of rotatable bonds is 3. The highest BCUT2D eigenvalue weighted by Crippen LogP contribution is 2.44. The molecule has 2 fully saturated rings. The largest absolute Gasteiger partial charge is 0.347 e. The molecule has 7 nitrogen and oxygen atoms in total. The maximum atomic E-state index is 12.4. The summed E-state index contributed by atoms with van der Waals surface area (Å²) in [5.41, 5.74) is 9.01. The lowest BCUT2D eigenvalue weighted by atomic mass is 9.83. The van der Waals surface area contributed by atoms with Crippen molar-refractivity contribution in [1.29, 1.82) is 0 Å². The molecule has 0 aliphatic carbocycles. The number of aryl methyl sites for hydroxylation is 1. The monoisotopic (exact) mass is 338 g/mol. The zero-order chi connectivity index (χ0) is 17.6. The van der Waals surface area contributed by atoms with E-state index in [1.165, 1.54) is 6.07 Å². The fourth-order valence-corrected chi connectivity index (χ4v) is 3.81. The molecule has 3 N–H and O–H groups in total. The van der Waals surface area contributed by atoms with Crippen molar-refractivity contribution < 1.29 is 9.72 Å². The van der Waals surface area contributed by atoms with Crippen LogP contribution >= 0.6 is 0 Å². The molecule has 1 amide bonds. The summed E-state index contributed by atoms with van der Waals surface area (Å²) >= 11 is 0. The highest BCUT2D eigenvalue weighted by Gasteiger charge is 2.52. The van der Waals surface area contributed by atoms with Crippen molar-refractivity contribution in [3.63, 3.8) is 0 Å². The van der Waals surface area contributed by atoms with E-state index in [4.69, 9.17) is 0 Å². The van der Waals surface area contributed by atoms with Crippen LogP contribution in [0.1, 0.15) is 28.8 Å². The number of fused-ring (bicyclic) bond motifs is 1. The summed E-state index contributed by atoms with van der Waals surface area (Å²) in [5.74, 6) is -0.299. The fourth-order valence-electron chi connectivity index (χ4n) is 3.81. The number of nitro benzene ring substituents is 1. The van der Waals surface area contributed by atoms with Gasteiger partial charge in [-0.05, 0) is 12.5 Å². The number of benzene rings is 2. The second kappa shape index (κ2) is 5.94. The van der Waals surface area contributed by atoms with Gasteiger partial charge in [-0.2, -0.15) is 0 Å². The van der Waals surface area contributed by atoms with E-state index in [0.717, 1.165) is 11.1 Å². The number of carbonyl (C=O) groups is 1. The molecule has 2 aliphatic rings. The van der Waals surface area contributed by atoms with Crippen molar-refractivity contribution in [1.82, 2.24) is 16.2 Å². The molecule has 2 aromatic carbocycles. The molecular weight excluding hydrogens is 320 g/mol. The molecule has 25 heavy (non-hydrogen) atoms. The average Bonchev–Trinajstić information content (AvgIpc) is 3.17. The molecule has 2 aliphatic heterocycles. The van der Waals surface area contributed by atoms with Crippen LogP contribution in [-0.2, 0) is 4.79 Å². The van der Waals surface area contributed by atoms with Crippen molar-refractivity contribution in [2.24, 2.45) is 5.92 Å². The van der Waals surface area contributed by atoms with E-state index in [9.17, 15) is 14.9 Å². The molecule has 0 spiro atoms. The summed E-state index contributed by atoms with van der Waals surface area (Å²) in [5, 5.41) is 14.3. The quantitative estimate of drug-likeness (QED) is 0.587. The Bertz CT molecular complexity index is 836. The number of para-hydroxylation sites is 1. The Balaban J connectivity index is 1.75. The van der Waals surface area contributed by atoms with Gasteiger partial charge in [0.15, 0.2) is 0 Å². The molecule has 7 heteroatoms. The van der Waals surface area contributed by atoms with Crippen LogP contribution in [0.4, 0.5) is 5.69 Å². The molecule has 2 heterocycles. The minimum atomic E-state index is -0.423. The van der Waals surface area contributed by atoms with E-state index < -0.39 is 17.0 Å². The first-order valence-electron chi connectivity index (χ1n) is 8.17. The van der Waals surface area contributed by atoms with Crippen molar-refractivity contribution in [3.8, 4) is 0 Å². The van der Waals surface area contributed by atoms with Crippen molar-refractivity contribution in [2.75, 3.05) is 0 Å². The molecule has 2 aromatic rings. The normalized spacial score (nSPS) is 27.8. The number of amides is 1. The van der Waals surface area contributed by atoms with Crippen LogP contribution in [0, 0.1) is 23.0 Å². The number of nitrogens with zero attached hydrogens (tertiary/aromatic N) is 1. The molecule has 2 saturated heterocycles. The van der Waals surface area contributed by atoms with Gasteiger partial charge in [0.25, 0.3) is 5.69 Å². The summed E-state index contributed by atoms with van der Waals surface area (Å²) in [4.78, 5) is 23.4. The Morgan fingerprint density at radius 3 is 2.36 bits per heavy atom. The Kier molecular flexibility index (Phi) is 3.74. The Labute approximate surface area is 144 Å². The molecule has 4 unspecified atom stereocenters. The number of carbonyl (C=O) groups excluding carboxylic acids is 1. The summed E-state index contributed by atoms with van der Waals surface area (Å²) < 4.78 is 0. The summed E-state index contributed by atoms with van der Waals surface area (Å²) in [6, 6.07) is 13.7. The van der Waals surface area contributed by atoms with E-state index in [1.54, 1.807) is 18.2 Å². The van der Waals surface area contributed by atoms with Gasteiger partial charge in [0.2, 0.25) is 5.91 Å². The second-order valence-corrected chi connectivity index (χ2v) is 6.53. The van der Waals surface area contributed by atoms with E-state index in [-0.39, 0.29) is 23.6 Å². The second-order valence-electron chi connectivity index (χ2n) is 6.53. The van der Waals surface area contributed by atoms with Crippen molar-refractivity contribution in [2.45, 2.75) is 25.0 Å². The molecule has 0 bridgehead atoms. The molecule has 0 saturated carbocycles. The van der Waals surface area contributed by atoms with Crippen molar-refractivity contribution >= 4 is 11.6 Å². The smallest absolute Gasteiger partial charge is 0.274 e. The van der Waals surface area contributed by atoms with Crippen LogP contribution in [0.2, 0.25) is 0 Å². The van der Waals surface area contributed by atoms with Gasteiger partial charge in [0.1, 0.15) is 6.04 Å². The summed E-state index contributed by atoms with van der Waals surface area (Å²) in [6.07, 6.45) is 0. The first-order chi connectivity index (χ1) is 12.1. The highest BCUT2D eigenvalue weighted by molar-refractivity contribution is 5.86. The first kappa shape index (κ1) is 15.7. The SMILES string of the molecule is Cc1ccc(C2NNC3C(=O)NC(c4ccccc4[N+](=O)[O-])C32)cc1. The van der Waals surface area contributed by atoms with Gasteiger partial charge in [-0.1, -0.05) is 48.0 Å². The molecule has 128 valence electrons. The van der Waals surface area contributed by atoms with Gasteiger partial charge in [0.05, 0.1) is 22.6 Å². The third-order valence-corrected chi connectivity index (χ3v) is 5.03. The first-order valence-corrected chi connectivity index (χ1v) is 8.17. The predicted molar refractivity (Wildman–Crippen MR) is 91.4 cm³/mol. The Morgan fingerprint density at radius 2 is 1.64 bits per heavy atom. The Morgan fingerprint density at radius 1 is 0.960 bits per heavy atom. The third-order valence-electron chi connectivity index (χ3n) is 5.03. The molecule has 0 radical (unpaired) electrons. The molecule has 4 rings (SSSR count). The third kappa shape index (κ3) is 2.57. The van der Waals surface area contributed by atoms with Gasteiger partial charge in [-0.25, -0.2) is 10.9 Å². The Hall–Kier alpha value is -2.77. The zero-order valence-corrected chi connectivity index (χ0v) is 13.6. The van der Waals surface area contributed by atoms with Gasteiger partial charge in [-0.3, -0.25) is 14.9 Å². The number of hydrazine groups is 1. The van der Waals surface area contributed by atoms with E-state index in [0.29, 0.717) is 5.56 Å². The topological polar surface area (TPSA) is 96.3 Å². The maximum absolute atomic E-state index is 12.4. The lowest BCUT2D eigenvalue weighted by Crippen LogP contribution is -2.39. The number of nitro groups is 1. The number of hydrogen-bond acceptors (Lipinski definition) is 5. The minimum absolute atomic E-state index is 0.0306. The van der Waals surface area contributed by atoms with E-state index in [2.05, 4.69) is 16.2 Å². The summed E-state index contributed by atoms with van der Waals surface area (Å²) in [7, 11) is 0. The maximum Gasteiger partial charge on any atom is 0.274 e.